The van der Waals surface area contributed by atoms with E-state index < -0.39 is 0 Å². The average Bonchev–Trinajstić information content (AvgIpc) is 2.98. The van der Waals surface area contributed by atoms with E-state index in [1.54, 1.807) is 0 Å². The first-order valence-corrected chi connectivity index (χ1v) is 20.4. The summed E-state index contributed by atoms with van der Waals surface area (Å²) < 4.78 is 3.00. The summed E-state index contributed by atoms with van der Waals surface area (Å²) in [6.45, 7) is 6.08. The molecule has 0 aliphatic carbocycles. The van der Waals surface area contributed by atoms with E-state index in [-0.39, 0.29) is 0 Å². The van der Waals surface area contributed by atoms with Gasteiger partial charge in [-0.1, -0.05) is 0 Å². The normalized spacial score (nSPS) is 11.8. The number of aliphatic imine (C=N–C) groups is 2. The summed E-state index contributed by atoms with van der Waals surface area (Å²) in [5, 5.41) is 2.69. The predicted molar refractivity (Wildman–Crippen MR) is 183 cm³/mol. The first-order chi connectivity index (χ1) is 19.8. The second kappa shape index (κ2) is 25.5. The molecule has 0 radical (unpaired) electrons. The second-order valence-corrected chi connectivity index (χ2v) is 15.6. The molecule has 40 heavy (non-hydrogen) atoms. The van der Waals surface area contributed by atoms with Gasteiger partial charge in [0.2, 0.25) is 0 Å². The van der Waals surface area contributed by atoms with Crippen molar-refractivity contribution in [3.05, 3.63) is 59.7 Å². The van der Waals surface area contributed by atoms with E-state index >= 15 is 0 Å². The summed E-state index contributed by atoms with van der Waals surface area (Å²) in [6, 6.07) is 17.7. The van der Waals surface area contributed by atoms with Crippen molar-refractivity contribution in [1.82, 2.24) is 0 Å². The summed E-state index contributed by atoms with van der Waals surface area (Å²) in [4.78, 5) is 9.45. The van der Waals surface area contributed by atoms with E-state index in [9.17, 15) is 0 Å². The van der Waals surface area contributed by atoms with Gasteiger partial charge in [0.15, 0.2) is 0 Å². The SMILES string of the molecule is CCCCCCCCCC[Se]c1ccccc1C=NCCN=Cc1ccccc1[Se]CCCCCCCCCC. The van der Waals surface area contributed by atoms with Crippen LogP contribution in [0.3, 0.4) is 0 Å². The van der Waals surface area contributed by atoms with Crippen molar-refractivity contribution in [1.29, 1.82) is 0 Å². The van der Waals surface area contributed by atoms with E-state index in [1.165, 1.54) is 133 Å². The molecule has 4 heteroatoms. The molecular weight excluding hydrogens is 618 g/mol. The minimum atomic E-state index is 0.545. The summed E-state index contributed by atoms with van der Waals surface area (Å²) in [7, 11) is 0. The summed E-state index contributed by atoms with van der Waals surface area (Å²) in [5.74, 6) is 0. The van der Waals surface area contributed by atoms with Crippen LogP contribution in [0.4, 0.5) is 0 Å². The molecule has 2 rings (SSSR count). The van der Waals surface area contributed by atoms with Gasteiger partial charge in [0.1, 0.15) is 0 Å². The molecule has 0 heterocycles. The Morgan fingerprint density at radius 2 is 0.825 bits per heavy atom. The van der Waals surface area contributed by atoms with E-state index in [4.69, 9.17) is 9.98 Å². The first kappa shape index (κ1) is 35.0. The molecule has 0 bridgehead atoms. The molecule has 0 spiro atoms. The van der Waals surface area contributed by atoms with Gasteiger partial charge in [0.05, 0.1) is 0 Å². The molecule has 0 N–H and O–H groups in total. The third-order valence-electron chi connectivity index (χ3n) is 7.17. The molecule has 0 saturated heterocycles. The van der Waals surface area contributed by atoms with Crippen LogP contribution in [-0.4, -0.2) is 55.4 Å². The molecule has 0 amide bonds. The summed E-state index contributed by atoms with van der Waals surface area (Å²) in [6.07, 6.45) is 26.5. The van der Waals surface area contributed by atoms with Crippen LogP contribution in [0.5, 0.6) is 0 Å². The zero-order valence-electron chi connectivity index (χ0n) is 25.6. The van der Waals surface area contributed by atoms with Gasteiger partial charge >= 0.3 is 261 Å². The van der Waals surface area contributed by atoms with Crippen molar-refractivity contribution in [3.63, 3.8) is 0 Å². The van der Waals surface area contributed by atoms with Crippen LogP contribution in [0.2, 0.25) is 10.6 Å². The Morgan fingerprint density at radius 3 is 1.23 bits per heavy atom. The zero-order valence-corrected chi connectivity index (χ0v) is 29.1. The van der Waals surface area contributed by atoms with Crippen molar-refractivity contribution in [2.45, 2.75) is 127 Å². The Bertz CT molecular complexity index is 849. The van der Waals surface area contributed by atoms with E-state index in [0.29, 0.717) is 29.9 Å². The van der Waals surface area contributed by atoms with Gasteiger partial charge in [-0.3, -0.25) is 0 Å². The fourth-order valence-corrected chi connectivity index (χ4v) is 9.04. The number of hydrogen-bond acceptors (Lipinski definition) is 2. The Labute approximate surface area is 260 Å². The molecular formula is C36H56N2Se2. The van der Waals surface area contributed by atoms with Crippen LogP contribution in [0.25, 0.3) is 0 Å². The van der Waals surface area contributed by atoms with Crippen LogP contribution >= 0.6 is 0 Å². The minimum absolute atomic E-state index is 0.545. The summed E-state index contributed by atoms with van der Waals surface area (Å²) in [5.41, 5.74) is 2.61. The van der Waals surface area contributed by atoms with Crippen molar-refractivity contribution >= 4 is 51.3 Å². The van der Waals surface area contributed by atoms with Crippen LogP contribution in [0.1, 0.15) is 128 Å². The van der Waals surface area contributed by atoms with Crippen LogP contribution in [0.15, 0.2) is 58.5 Å². The fourth-order valence-electron chi connectivity index (χ4n) is 4.71. The molecule has 0 saturated carbocycles. The molecule has 2 nitrogen and oxygen atoms in total. The first-order valence-electron chi connectivity index (χ1n) is 16.3. The Balaban J connectivity index is 1.64. The van der Waals surface area contributed by atoms with Gasteiger partial charge in [-0.25, -0.2) is 0 Å². The van der Waals surface area contributed by atoms with Crippen molar-refractivity contribution in [3.8, 4) is 0 Å². The monoisotopic (exact) mass is 676 g/mol. The number of unbranched alkanes of at least 4 members (excludes halogenated alkanes) is 14. The van der Waals surface area contributed by atoms with Crippen molar-refractivity contribution in [2.75, 3.05) is 13.1 Å². The number of hydrogen-bond donors (Lipinski definition) is 0. The van der Waals surface area contributed by atoms with Crippen LogP contribution < -0.4 is 8.92 Å². The molecule has 0 atom stereocenters. The Kier molecular flexibility index (Phi) is 22.3. The van der Waals surface area contributed by atoms with Crippen LogP contribution in [-0.2, 0) is 0 Å². The van der Waals surface area contributed by atoms with Gasteiger partial charge < -0.3 is 0 Å². The topological polar surface area (TPSA) is 24.7 Å². The standard InChI is InChI=1S/C36H56N2Se2/c1-3-5-7-9-11-13-15-21-29-39-35-25-19-17-23-33(35)31-37-27-28-38-32-34-24-18-20-26-36(34)40-30-22-16-14-12-10-8-6-4-2/h17-20,23-26,31-32H,3-16,21-22,27-30H2,1-2H3. The van der Waals surface area contributed by atoms with Gasteiger partial charge in [0, 0.05) is 0 Å². The van der Waals surface area contributed by atoms with E-state index in [2.05, 4.69) is 74.8 Å². The quantitative estimate of drug-likeness (QED) is 0.0571. The molecule has 0 fully saturated rings. The molecule has 222 valence electrons. The number of rotatable bonds is 25. The number of nitrogens with zero attached hydrogens (tertiary/aromatic N) is 2. The van der Waals surface area contributed by atoms with Crippen LogP contribution in [0, 0.1) is 0 Å². The summed E-state index contributed by atoms with van der Waals surface area (Å²) >= 11 is 1.09. The van der Waals surface area contributed by atoms with Crippen molar-refractivity contribution < 1.29 is 0 Å². The Morgan fingerprint density at radius 1 is 0.475 bits per heavy atom. The third-order valence-corrected chi connectivity index (χ3v) is 12.1. The van der Waals surface area contributed by atoms with E-state index in [0.717, 1.165) is 13.1 Å². The molecule has 2 aromatic rings. The predicted octanol–water partition coefficient (Wildman–Crippen LogP) is 9.00. The maximum atomic E-state index is 4.73. The molecule has 0 aromatic heterocycles. The fraction of sp³-hybridized carbons (Fsp3) is 0.611. The average molecular weight is 675 g/mol. The van der Waals surface area contributed by atoms with Gasteiger partial charge in [-0.05, 0) is 0 Å². The Hall–Kier alpha value is -1.18. The molecule has 0 unspecified atom stereocenters. The molecule has 2 aromatic carbocycles. The molecule has 0 aliphatic rings. The van der Waals surface area contributed by atoms with Gasteiger partial charge in [-0.15, -0.1) is 0 Å². The molecule has 0 aliphatic heterocycles. The number of benzene rings is 2. The zero-order chi connectivity index (χ0) is 28.4. The van der Waals surface area contributed by atoms with Gasteiger partial charge in [0.25, 0.3) is 0 Å². The third kappa shape index (κ3) is 17.6. The van der Waals surface area contributed by atoms with Crippen molar-refractivity contribution in [2.24, 2.45) is 9.98 Å². The van der Waals surface area contributed by atoms with Gasteiger partial charge in [-0.2, -0.15) is 0 Å². The van der Waals surface area contributed by atoms with E-state index in [1.807, 2.05) is 0 Å². The second-order valence-electron chi connectivity index (χ2n) is 10.8. The maximum absolute atomic E-state index is 4.73.